The molecule has 3 N–H and O–H groups in total. The second-order valence-electron chi connectivity index (χ2n) is 5.77. The minimum absolute atomic E-state index is 0.00941. The van der Waals surface area contributed by atoms with Gasteiger partial charge in [-0.1, -0.05) is 12.1 Å². The lowest BCUT2D eigenvalue weighted by Crippen LogP contribution is -2.51. The Bertz CT molecular complexity index is 650. The van der Waals surface area contributed by atoms with Crippen LogP contribution in [0, 0.1) is 0 Å². The predicted molar refractivity (Wildman–Crippen MR) is 87.1 cm³/mol. The second-order valence-corrected chi connectivity index (χ2v) is 6.80. The van der Waals surface area contributed by atoms with Crippen LogP contribution < -0.4 is 5.32 Å². The first-order chi connectivity index (χ1) is 11.1. The molecule has 7 heteroatoms. The molecule has 1 aliphatic rings. The van der Waals surface area contributed by atoms with Crippen molar-refractivity contribution >= 4 is 17.2 Å². The third-order valence-corrected chi connectivity index (χ3v) is 4.82. The maximum Gasteiger partial charge on any atom is 0.269 e. The third kappa shape index (κ3) is 3.76. The van der Waals surface area contributed by atoms with Crippen LogP contribution in [-0.2, 0) is 6.54 Å². The van der Waals surface area contributed by atoms with Gasteiger partial charge >= 0.3 is 0 Å². The molecule has 1 aliphatic heterocycles. The molecule has 0 aliphatic carbocycles. The lowest BCUT2D eigenvalue weighted by atomic mass is 10.0. The van der Waals surface area contributed by atoms with Crippen LogP contribution >= 0.6 is 11.3 Å². The monoisotopic (exact) mass is 333 g/mol. The van der Waals surface area contributed by atoms with Gasteiger partial charge in [-0.25, -0.2) is 0 Å². The molecule has 2 aromatic heterocycles. The van der Waals surface area contributed by atoms with E-state index in [4.69, 9.17) is 0 Å². The van der Waals surface area contributed by atoms with Crippen molar-refractivity contribution in [3.05, 3.63) is 52.5 Å². The Kier molecular flexibility index (Phi) is 4.72. The summed E-state index contributed by atoms with van der Waals surface area (Å²) in [5.41, 5.74) is -1.05. The van der Waals surface area contributed by atoms with Gasteiger partial charge in [0.1, 0.15) is 11.3 Å². The number of nitrogens with zero attached hydrogens (tertiary/aromatic N) is 2. The van der Waals surface area contributed by atoms with Gasteiger partial charge in [0.2, 0.25) is 0 Å². The number of pyridine rings is 1. The maximum absolute atomic E-state index is 12.0. The van der Waals surface area contributed by atoms with E-state index in [1.807, 2.05) is 22.4 Å². The molecule has 3 heterocycles. The molecule has 122 valence electrons. The number of rotatable bonds is 5. The molecular weight excluding hydrogens is 314 g/mol. The number of thiophene rings is 1. The minimum Gasteiger partial charge on any atom is -0.389 e. The zero-order chi connectivity index (χ0) is 16.3. The Balaban J connectivity index is 1.57. The van der Waals surface area contributed by atoms with Crippen LogP contribution in [0.1, 0.15) is 15.4 Å². The standard InChI is InChI=1S/C16H19N3O3S/c20-14-9-19(8-12-4-3-7-23-12)11-16(14,22)10-18-15(21)13-5-1-2-6-17-13/h1-7,14,20,22H,8-11H2,(H,18,21)/t14-,16+/m1/s1. The maximum atomic E-state index is 12.0. The molecule has 0 aromatic carbocycles. The van der Waals surface area contributed by atoms with Crippen molar-refractivity contribution in [2.24, 2.45) is 0 Å². The fourth-order valence-corrected chi connectivity index (χ4v) is 3.46. The second kappa shape index (κ2) is 6.76. The summed E-state index contributed by atoms with van der Waals surface area (Å²) in [6, 6.07) is 9.06. The smallest absolute Gasteiger partial charge is 0.269 e. The van der Waals surface area contributed by atoms with Gasteiger partial charge in [0.25, 0.3) is 5.91 Å². The molecule has 1 saturated heterocycles. The van der Waals surface area contributed by atoms with Gasteiger partial charge < -0.3 is 15.5 Å². The Morgan fingerprint density at radius 3 is 3.00 bits per heavy atom. The average Bonchev–Trinajstić information content (AvgIpc) is 3.15. The summed E-state index contributed by atoms with van der Waals surface area (Å²) in [4.78, 5) is 19.1. The van der Waals surface area contributed by atoms with E-state index in [-0.39, 0.29) is 12.5 Å². The number of carbonyl (C=O) groups is 1. The van der Waals surface area contributed by atoms with Crippen molar-refractivity contribution in [2.75, 3.05) is 19.6 Å². The predicted octanol–water partition coefficient (Wildman–Crippen LogP) is 0.481. The van der Waals surface area contributed by atoms with Crippen LogP contribution in [0.4, 0.5) is 0 Å². The number of carbonyl (C=O) groups excluding carboxylic acids is 1. The number of nitrogens with one attached hydrogen (secondary N) is 1. The molecule has 0 radical (unpaired) electrons. The molecule has 0 saturated carbocycles. The number of β-amino-alcohol motifs (C(OH)–C–C–N with tert-alkyl or cyclic N) is 2. The molecule has 2 aromatic rings. The van der Waals surface area contributed by atoms with E-state index in [0.29, 0.717) is 25.3 Å². The zero-order valence-corrected chi connectivity index (χ0v) is 13.4. The Morgan fingerprint density at radius 1 is 1.43 bits per heavy atom. The van der Waals surface area contributed by atoms with Crippen LogP contribution in [-0.4, -0.2) is 57.3 Å². The molecule has 0 spiro atoms. The number of hydrogen-bond donors (Lipinski definition) is 3. The van der Waals surface area contributed by atoms with Crippen LogP contribution in [0.5, 0.6) is 0 Å². The normalized spacial score (nSPS) is 24.7. The Hall–Kier alpha value is -1.80. The van der Waals surface area contributed by atoms with Crippen molar-refractivity contribution in [1.82, 2.24) is 15.2 Å². The highest BCUT2D eigenvalue weighted by atomic mass is 32.1. The van der Waals surface area contributed by atoms with Crippen molar-refractivity contribution < 1.29 is 15.0 Å². The zero-order valence-electron chi connectivity index (χ0n) is 12.6. The van der Waals surface area contributed by atoms with Crippen LogP contribution in [0.2, 0.25) is 0 Å². The summed E-state index contributed by atoms with van der Waals surface area (Å²) in [7, 11) is 0. The summed E-state index contributed by atoms with van der Waals surface area (Å²) in [6.07, 6.45) is 0.642. The molecule has 6 nitrogen and oxygen atoms in total. The number of likely N-dealkylation sites (tertiary alicyclic amines) is 1. The average molecular weight is 333 g/mol. The molecule has 0 bridgehead atoms. The lowest BCUT2D eigenvalue weighted by molar-refractivity contribution is -0.0377. The number of amides is 1. The highest BCUT2D eigenvalue weighted by molar-refractivity contribution is 7.09. The topological polar surface area (TPSA) is 85.7 Å². The van der Waals surface area contributed by atoms with Crippen molar-refractivity contribution in [1.29, 1.82) is 0 Å². The fraction of sp³-hybridized carbons (Fsp3) is 0.375. The summed E-state index contributed by atoms with van der Waals surface area (Å²) in [5.74, 6) is -0.358. The van der Waals surface area contributed by atoms with Gasteiger partial charge in [-0.3, -0.25) is 14.7 Å². The molecule has 0 unspecified atom stereocenters. The van der Waals surface area contributed by atoms with Gasteiger partial charge in [-0.15, -0.1) is 11.3 Å². The minimum atomic E-state index is -1.35. The van der Waals surface area contributed by atoms with E-state index >= 15 is 0 Å². The van der Waals surface area contributed by atoms with Crippen LogP contribution in [0.3, 0.4) is 0 Å². The van der Waals surface area contributed by atoms with E-state index < -0.39 is 11.7 Å². The number of aliphatic hydroxyl groups excluding tert-OH is 1. The van der Waals surface area contributed by atoms with E-state index in [1.165, 1.54) is 11.1 Å². The number of aliphatic hydroxyl groups is 2. The highest BCUT2D eigenvalue weighted by Gasteiger charge is 2.44. The van der Waals surface area contributed by atoms with Crippen LogP contribution in [0.15, 0.2) is 41.9 Å². The number of aromatic nitrogens is 1. The van der Waals surface area contributed by atoms with E-state index in [1.54, 1.807) is 29.5 Å². The summed E-state index contributed by atoms with van der Waals surface area (Å²) >= 11 is 1.64. The summed E-state index contributed by atoms with van der Waals surface area (Å²) < 4.78 is 0. The fourth-order valence-electron chi connectivity index (χ4n) is 2.71. The lowest BCUT2D eigenvalue weighted by Gasteiger charge is -2.26. The van der Waals surface area contributed by atoms with Gasteiger partial charge in [0, 0.05) is 30.7 Å². The largest absolute Gasteiger partial charge is 0.389 e. The first-order valence-electron chi connectivity index (χ1n) is 7.41. The highest BCUT2D eigenvalue weighted by Crippen LogP contribution is 2.24. The molecule has 1 amide bonds. The molecular formula is C16H19N3O3S. The molecule has 23 heavy (non-hydrogen) atoms. The molecule has 1 fully saturated rings. The van der Waals surface area contributed by atoms with Gasteiger partial charge in [0.05, 0.1) is 12.6 Å². The first-order valence-corrected chi connectivity index (χ1v) is 8.29. The van der Waals surface area contributed by atoms with E-state index in [2.05, 4.69) is 10.3 Å². The van der Waals surface area contributed by atoms with Crippen molar-refractivity contribution in [3.63, 3.8) is 0 Å². The summed E-state index contributed by atoms with van der Waals surface area (Å²) in [6.45, 7) is 1.37. The van der Waals surface area contributed by atoms with Gasteiger partial charge in [0.15, 0.2) is 0 Å². The summed E-state index contributed by atoms with van der Waals surface area (Å²) in [5, 5.41) is 25.5. The SMILES string of the molecule is O=C(NC[C@]1(O)CN(Cc2cccs2)C[C@H]1O)c1ccccn1. The molecule has 2 atom stereocenters. The Morgan fingerprint density at radius 2 is 2.30 bits per heavy atom. The van der Waals surface area contributed by atoms with E-state index in [9.17, 15) is 15.0 Å². The molecule has 3 rings (SSSR count). The quantitative estimate of drug-likeness (QED) is 0.741. The van der Waals surface area contributed by atoms with Gasteiger partial charge in [-0.05, 0) is 23.6 Å². The van der Waals surface area contributed by atoms with Crippen molar-refractivity contribution in [2.45, 2.75) is 18.2 Å². The third-order valence-electron chi connectivity index (χ3n) is 3.96. The van der Waals surface area contributed by atoms with Crippen molar-refractivity contribution in [3.8, 4) is 0 Å². The Labute approximate surface area is 138 Å². The first kappa shape index (κ1) is 16.1. The van der Waals surface area contributed by atoms with Gasteiger partial charge in [-0.2, -0.15) is 0 Å². The van der Waals surface area contributed by atoms with E-state index in [0.717, 1.165) is 0 Å². The number of hydrogen-bond acceptors (Lipinski definition) is 6. The van der Waals surface area contributed by atoms with Crippen LogP contribution in [0.25, 0.3) is 0 Å².